The Hall–Kier alpha value is -2.56. The first-order valence-corrected chi connectivity index (χ1v) is 10.8. The first kappa shape index (κ1) is 21.2. The molecule has 0 aromatic heterocycles. The predicted octanol–water partition coefficient (Wildman–Crippen LogP) is 4.78. The summed E-state index contributed by atoms with van der Waals surface area (Å²) in [6, 6.07) is 15.7. The molecule has 0 saturated heterocycles. The van der Waals surface area contributed by atoms with Gasteiger partial charge < -0.3 is 10.6 Å². The van der Waals surface area contributed by atoms with Crippen molar-refractivity contribution < 1.29 is 9.59 Å². The molecule has 148 valence electrons. The van der Waals surface area contributed by atoms with Crippen molar-refractivity contribution in [1.82, 2.24) is 5.32 Å². The first-order valence-electron chi connectivity index (χ1n) is 9.06. The van der Waals surface area contributed by atoms with Gasteiger partial charge in [-0.2, -0.15) is 5.26 Å². The summed E-state index contributed by atoms with van der Waals surface area (Å²) in [5.74, 6) is -0.579. The van der Waals surface area contributed by atoms with E-state index in [1.807, 2.05) is 56.3 Å². The number of halogens is 1. The molecule has 1 aliphatic rings. The van der Waals surface area contributed by atoms with Crippen molar-refractivity contribution in [3.8, 4) is 6.07 Å². The molecular weight excluding hydrogens is 450 g/mol. The third kappa shape index (κ3) is 5.49. The Labute approximate surface area is 182 Å². The molecule has 0 radical (unpaired) electrons. The minimum absolute atomic E-state index is 0.0962. The van der Waals surface area contributed by atoms with E-state index in [-0.39, 0.29) is 29.9 Å². The maximum Gasteiger partial charge on any atom is 0.234 e. The van der Waals surface area contributed by atoms with Gasteiger partial charge in [0.15, 0.2) is 0 Å². The van der Waals surface area contributed by atoms with Crippen molar-refractivity contribution in [3.63, 3.8) is 0 Å². The van der Waals surface area contributed by atoms with Gasteiger partial charge in [-0.15, -0.1) is 0 Å². The predicted molar refractivity (Wildman–Crippen MR) is 119 cm³/mol. The number of benzene rings is 2. The smallest absolute Gasteiger partial charge is 0.234 e. The van der Waals surface area contributed by atoms with Gasteiger partial charge in [0.2, 0.25) is 11.8 Å². The fraction of sp³-hybridized carbons (Fsp3) is 0.227. The topological polar surface area (TPSA) is 82.0 Å². The summed E-state index contributed by atoms with van der Waals surface area (Å²) in [4.78, 5) is 24.6. The van der Waals surface area contributed by atoms with Crippen LogP contribution in [0.3, 0.4) is 0 Å². The molecule has 2 N–H and O–H groups in total. The molecule has 0 bridgehead atoms. The molecule has 0 unspecified atom stereocenters. The van der Waals surface area contributed by atoms with Gasteiger partial charge in [-0.3, -0.25) is 9.59 Å². The number of thioether (sulfide) groups is 1. The normalized spacial score (nSPS) is 16.2. The molecule has 7 heteroatoms. The lowest BCUT2D eigenvalue weighted by molar-refractivity contribution is -0.121. The number of carbonyl (C=O) groups is 2. The SMILES string of the molecule is Cc1cc(C)cc(NC(=O)CSC2=C(C#N)[C@H](c3cccc(Br)c3)CC(=O)N2)c1. The quantitative estimate of drug-likeness (QED) is 0.659. The van der Waals surface area contributed by atoms with Gasteiger partial charge in [0.1, 0.15) is 0 Å². The van der Waals surface area contributed by atoms with Crippen LogP contribution >= 0.6 is 27.7 Å². The van der Waals surface area contributed by atoms with E-state index in [1.54, 1.807) is 0 Å². The van der Waals surface area contributed by atoms with E-state index >= 15 is 0 Å². The van der Waals surface area contributed by atoms with Crippen LogP contribution in [-0.2, 0) is 9.59 Å². The van der Waals surface area contributed by atoms with E-state index in [9.17, 15) is 14.9 Å². The summed E-state index contributed by atoms with van der Waals surface area (Å²) >= 11 is 4.61. The standard InChI is InChI=1S/C22H20BrN3O2S/c1-13-6-14(2)8-17(7-13)25-21(28)12-29-22-19(11-24)18(10-20(27)26-22)15-4-3-5-16(23)9-15/h3-9,18H,10,12H2,1-2H3,(H,25,28)(H,26,27)/t18-/m0/s1. The number of nitriles is 1. The molecule has 3 rings (SSSR count). The number of hydrogen-bond donors (Lipinski definition) is 2. The Bertz CT molecular complexity index is 1020. The Morgan fingerprint density at radius 3 is 2.66 bits per heavy atom. The maximum atomic E-state index is 12.4. The van der Waals surface area contributed by atoms with E-state index in [2.05, 4.69) is 32.6 Å². The number of rotatable bonds is 5. The number of nitrogens with one attached hydrogen (secondary N) is 2. The molecule has 0 spiro atoms. The second-order valence-corrected chi connectivity index (χ2v) is 8.83. The molecule has 29 heavy (non-hydrogen) atoms. The number of anilines is 1. The monoisotopic (exact) mass is 469 g/mol. The van der Waals surface area contributed by atoms with E-state index in [1.165, 1.54) is 11.8 Å². The number of amides is 2. The van der Waals surface area contributed by atoms with E-state index in [0.29, 0.717) is 10.6 Å². The third-order valence-electron chi connectivity index (χ3n) is 4.46. The van der Waals surface area contributed by atoms with Gasteiger partial charge >= 0.3 is 0 Å². The van der Waals surface area contributed by atoms with Crippen molar-refractivity contribution in [3.05, 3.63) is 74.2 Å². The fourth-order valence-electron chi connectivity index (χ4n) is 3.32. The van der Waals surface area contributed by atoms with Crippen LogP contribution in [0.1, 0.15) is 29.0 Å². The van der Waals surface area contributed by atoms with Crippen molar-refractivity contribution >= 4 is 45.2 Å². The molecular formula is C22H20BrN3O2S. The van der Waals surface area contributed by atoms with Crippen LogP contribution in [0.5, 0.6) is 0 Å². The molecule has 2 aromatic carbocycles. The zero-order valence-electron chi connectivity index (χ0n) is 16.1. The lowest BCUT2D eigenvalue weighted by Gasteiger charge is -2.25. The minimum Gasteiger partial charge on any atom is -0.325 e. The van der Waals surface area contributed by atoms with Crippen molar-refractivity contribution in [2.24, 2.45) is 0 Å². The van der Waals surface area contributed by atoms with Crippen molar-refractivity contribution in [1.29, 1.82) is 5.26 Å². The van der Waals surface area contributed by atoms with E-state index in [0.717, 1.165) is 26.9 Å². The van der Waals surface area contributed by atoms with Crippen LogP contribution in [0.4, 0.5) is 5.69 Å². The largest absolute Gasteiger partial charge is 0.325 e. The summed E-state index contributed by atoms with van der Waals surface area (Å²) in [6.45, 7) is 3.95. The summed E-state index contributed by atoms with van der Waals surface area (Å²) in [5.41, 5.74) is 4.25. The summed E-state index contributed by atoms with van der Waals surface area (Å²) in [6.07, 6.45) is 0.207. The van der Waals surface area contributed by atoms with Gasteiger partial charge in [0.05, 0.1) is 22.4 Å². The van der Waals surface area contributed by atoms with E-state index < -0.39 is 0 Å². The molecule has 0 aliphatic carbocycles. The average molecular weight is 470 g/mol. The van der Waals surface area contributed by atoms with Crippen LogP contribution in [0, 0.1) is 25.2 Å². The Morgan fingerprint density at radius 1 is 1.28 bits per heavy atom. The summed E-state index contributed by atoms with van der Waals surface area (Å²) in [7, 11) is 0. The van der Waals surface area contributed by atoms with Crippen molar-refractivity contribution in [2.75, 3.05) is 11.1 Å². The molecule has 2 amide bonds. The fourth-order valence-corrected chi connectivity index (χ4v) is 4.62. The van der Waals surface area contributed by atoms with Gasteiger partial charge in [-0.25, -0.2) is 0 Å². The van der Waals surface area contributed by atoms with Crippen LogP contribution in [0.25, 0.3) is 0 Å². The first-order chi connectivity index (χ1) is 13.9. The molecule has 0 fully saturated rings. The molecule has 1 heterocycles. The zero-order chi connectivity index (χ0) is 21.0. The van der Waals surface area contributed by atoms with E-state index in [4.69, 9.17) is 0 Å². The lowest BCUT2D eigenvalue weighted by atomic mass is 9.87. The highest BCUT2D eigenvalue weighted by Gasteiger charge is 2.30. The minimum atomic E-state index is -0.323. The molecule has 5 nitrogen and oxygen atoms in total. The van der Waals surface area contributed by atoms with Crippen molar-refractivity contribution in [2.45, 2.75) is 26.2 Å². The van der Waals surface area contributed by atoms with Gasteiger partial charge in [0, 0.05) is 22.5 Å². The third-order valence-corrected chi connectivity index (χ3v) is 5.97. The highest BCUT2D eigenvalue weighted by atomic mass is 79.9. The Morgan fingerprint density at radius 2 is 2.00 bits per heavy atom. The van der Waals surface area contributed by atoms with Crippen LogP contribution in [0.15, 0.2) is 57.5 Å². The number of allylic oxidation sites excluding steroid dienone is 1. The van der Waals surface area contributed by atoms with Gasteiger partial charge in [0.25, 0.3) is 0 Å². The zero-order valence-corrected chi connectivity index (χ0v) is 18.5. The summed E-state index contributed by atoms with van der Waals surface area (Å²) in [5, 5.41) is 15.8. The van der Waals surface area contributed by atoms with Gasteiger partial charge in [-0.1, -0.05) is 45.9 Å². The molecule has 2 aromatic rings. The van der Waals surface area contributed by atoms with Crippen LogP contribution < -0.4 is 10.6 Å². The highest BCUT2D eigenvalue weighted by Crippen LogP contribution is 2.36. The summed E-state index contributed by atoms with van der Waals surface area (Å²) < 4.78 is 0.889. The second-order valence-electron chi connectivity index (χ2n) is 6.93. The van der Waals surface area contributed by atoms with Crippen LogP contribution in [-0.4, -0.2) is 17.6 Å². The second kappa shape index (κ2) is 9.29. The number of aryl methyl sites for hydroxylation is 2. The average Bonchev–Trinajstić information content (AvgIpc) is 2.65. The molecule has 0 saturated carbocycles. The van der Waals surface area contributed by atoms with Crippen LogP contribution in [0.2, 0.25) is 0 Å². The number of nitrogens with zero attached hydrogens (tertiary/aromatic N) is 1. The maximum absolute atomic E-state index is 12.4. The Balaban J connectivity index is 1.76. The number of carbonyl (C=O) groups excluding carboxylic acids is 2. The molecule has 1 atom stereocenters. The number of hydrogen-bond acceptors (Lipinski definition) is 4. The Kier molecular flexibility index (Phi) is 6.78. The molecule has 1 aliphatic heterocycles. The highest BCUT2D eigenvalue weighted by molar-refractivity contribution is 9.10. The van der Waals surface area contributed by atoms with Gasteiger partial charge in [-0.05, 0) is 54.8 Å². The lowest BCUT2D eigenvalue weighted by Crippen LogP contribution is -2.31.